The van der Waals surface area contributed by atoms with Crippen LogP contribution in [0.15, 0.2) is 24.3 Å². The molecule has 0 amide bonds. The van der Waals surface area contributed by atoms with Crippen LogP contribution in [-0.4, -0.2) is 14.8 Å². The first-order valence-corrected chi connectivity index (χ1v) is 5.23. The van der Waals surface area contributed by atoms with Crippen molar-refractivity contribution in [2.75, 3.05) is 0 Å². The number of H-pyrrole nitrogens is 1. The van der Waals surface area contributed by atoms with Crippen molar-refractivity contribution in [1.29, 1.82) is 5.26 Å². The number of nitriles is 1. The highest BCUT2D eigenvalue weighted by Gasteiger charge is 2.03. The molecular weight excluding hydrogens is 220 g/mol. The zero-order chi connectivity index (χ0) is 11.5. The number of nitrogens with zero attached hydrogens (tertiary/aromatic N) is 3. The van der Waals surface area contributed by atoms with Gasteiger partial charge in [-0.2, -0.15) is 10.4 Å². The fourth-order valence-corrected chi connectivity index (χ4v) is 1.82. The quantitative estimate of drug-likeness (QED) is 0.805. The molecule has 0 atom stereocenters. The minimum Gasteiger partial charge on any atom is -0.272 e. The van der Waals surface area contributed by atoms with E-state index in [1.54, 1.807) is 0 Å². The fourth-order valence-electron chi connectivity index (χ4n) is 1.53. The fraction of sp³-hybridized carbons (Fsp3) is 0.182. The summed E-state index contributed by atoms with van der Waals surface area (Å²) >= 11 is 5.13. The third-order valence-electron chi connectivity index (χ3n) is 2.32. The van der Waals surface area contributed by atoms with Gasteiger partial charge in [-0.05, 0) is 36.8 Å². The van der Waals surface area contributed by atoms with Gasteiger partial charge in [0.1, 0.15) is 5.82 Å². The normalized spacial score (nSPS) is 10.0. The van der Waals surface area contributed by atoms with Gasteiger partial charge in [-0.15, -0.1) is 0 Å². The van der Waals surface area contributed by atoms with Crippen molar-refractivity contribution in [3.05, 3.63) is 40.4 Å². The molecule has 1 aromatic carbocycles. The number of nitrogens with one attached hydrogen (secondary N) is 1. The number of aryl methyl sites for hydroxylation is 1. The number of benzene rings is 1. The monoisotopic (exact) mass is 230 g/mol. The Morgan fingerprint density at radius 3 is 2.62 bits per heavy atom. The van der Waals surface area contributed by atoms with Gasteiger partial charge in [-0.1, -0.05) is 12.1 Å². The lowest BCUT2D eigenvalue weighted by atomic mass is 10.1. The molecule has 0 aliphatic heterocycles. The Kier molecular flexibility index (Phi) is 2.84. The van der Waals surface area contributed by atoms with Crippen LogP contribution in [0.3, 0.4) is 0 Å². The smallest absolute Gasteiger partial charge is 0.199 e. The molecule has 0 saturated carbocycles. The van der Waals surface area contributed by atoms with E-state index < -0.39 is 0 Å². The summed E-state index contributed by atoms with van der Waals surface area (Å²) in [5.74, 6) is 0.818. The first kappa shape index (κ1) is 10.6. The van der Waals surface area contributed by atoms with Crippen LogP contribution in [-0.2, 0) is 6.42 Å². The van der Waals surface area contributed by atoms with Crippen LogP contribution < -0.4 is 0 Å². The van der Waals surface area contributed by atoms with Crippen molar-refractivity contribution >= 4 is 12.2 Å². The van der Waals surface area contributed by atoms with E-state index >= 15 is 0 Å². The molecule has 0 fully saturated rings. The van der Waals surface area contributed by atoms with Crippen LogP contribution in [0.2, 0.25) is 0 Å². The van der Waals surface area contributed by atoms with Gasteiger partial charge in [-0.3, -0.25) is 9.67 Å². The number of aromatic nitrogens is 3. The number of hydrogen-bond donors (Lipinski definition) is 1. The molecule has 2 aromatic rings. The molecule has 2 rings (SSSR count). The molecule has 5 heteroatoms. The molecular formula is C11H10N4S. The highest BCUT2D eigenvalue weighted by molar-refractivity contribution is 7.71. The van der Waals surface area contributed by atoms with E-state index in [1.807, 2.05) is 35.8 Å². The van der Waals surface area contributed by atoms with Gasteiger partial charge in [-0.25, -0.2) is 0 Å². The maximum Gasteiger partial charge on any atom is 0.199 e. The second-order valence-electron chi connectivity index (χ2n) is 3.41. The molecule has 0 radical (unpaired) electrons. The van der Waals surface area contributed by atoms with E-state index in [-0.39, 0.29) is 0 Å². The van der Waals surface area contributed by atoms with Crippen LogP contribution in [0.4, 0.5) is 0 Å². The van der Waals surface area contributed by atoms with E-state index in [4.69, 9.17) is 17.5 Å². The Hall–Kier alpha value is -1.93. The summed E-state index contributed by atoms with van der Waals surface area (Å²) in [7, 11) is 0. The number of rotatable bonds is 2. The Morgan fingerprint density at radius 2 is 2.12 bits per heavy atom. The van der Waals surface area contributed by atoms with Crippen molar-refractivity contribution in [1.82, 2.24) is 14.8 Å². The highest BCUT2D eigenvalue weighted by Crippen LogP contribution is 2.12. The Bertz CT molecular complexity index is 586. The summed E-state index contributed by atoms with van der Waals surface area (Å²) < 4.78 is 2.43. The molecule has 80 valence electrons. The predicted molar refractivity (Wildman–Crippen MR) is 62.8 cm³/mol. The number of hydrogen-bond acceptors (Lipinski definition) is 3. The van der Waals surface area contributed by atoms with Gasteiger partial charge in [0.05, 0.1) is 12.5 Å². The molecule has 1 heterocycles. The summed E-state index contributed by atoms with van der Waals surface area (Å²) in [6.45, 7) is 1.88. The molecule has 1 N–H and O–H groups in total. The van der Waals surface area contributed by atoms with Crippen LogP contribution in [0, 0.1) is 23.0 Å². The molecule has 0 aliphatic rings. The second-order valence-corrected chi connectivity index (χ2v) is 3.80. The third kappa shape index (κ3) is 1.88. The topological polar surface area (TPSA) is 57.4 Å². The van der Waals surface area contributed by atoms with E-state index in [0.717, 1.165) is 17.1 Å². The average molecular weight is 230 g/mol. The standard InChI is InChI=1S/C11H10N4S/c1-8-13-14-11(16)15(8)10-4-2-9(3-5-10)6-7-12/h2-5H,6H2,1H3,(H,14,16). The Morgan fingerprint density at radius 1 is 1.44 bits per heavy atom. The van der Waals surface area contributed by atoms with Gasteiger partial charge in [0, 0.05) is 5.69 Å². The summed E-state index contributed by atoms with van der Waals surface area (Å²) in [4.78, 5) is 0. The van der Waals surface area contributed by atoms with Crippen molar-refractivity contribution in [3.8, 4) is 11.8 Å². The minimum atomic E-state index is 0.427. The average Bonchev–Trinajstić information content (AvgIpc) is 2.61. The molecule has 0 saturated heterocycles. The first-order chi connectivity index (χ1) is 7.72. The lowest BCUT2D eigenvalue weighted by Gasteiger charge is -2.04. The Balaban J connectivity index is 2.43. The van der Waals surface area contributed by atoms with E-state index in [0.29, 0.717) is 11.2 Å². The van der Waals surface area contributed by atoms with Gasteiger partial charge in [0.25, 0.3) is 0 Å². The van der Waals surface area contributed by atoms with E-state index in [2.05, 4.69) is 16.3 Å². The maximum atomic E-state index is 8.57. The van der Waals surface area contributed by atoms with Gasteiger partial charge in [0.2, 0.25) is 0 Å². The highest BCUT2D eigenvalue weighted by atomic mass is 32.1. The molecule has 0 aliphatic carbocycles. The van der Waals surface area contributed by atoms with Crippen molar-refractivity contribution in [3.63, 3.8) is 0 Å². The maximum absolute atomic E-state index is 8.57. The summed E-state index contributed by atoms with van der Waals surface area (Å²) in [5, 5.41) is 15.4. The van der Waals surface area contributed by atoms with Crippen LogP contribution in [0.1, 0.15) is 11.4 Å². The molecule has 16 heavy (non-hydrogen) atoms. The van der Waals surface area contributed by atoms with Crippen molar-refractivity contribution in [2.45, 2.75) is 13.3 Å². The summed E-state index contributed by atoms with van der Waals surface area (Å²) in [6.07, 6.45) is 0.427. The number of aromatic amines is 1. The summed E-state index contributed by atoms with van der Waals surface area (Å²) in [5.41, 5.74) is 1.96. The zero-order valence-electron chi connectivity index (χ0n) is 8.77. The lowest BCUT2D eigenvalue weighted by Crippen LogP contribution is -1.97. The Labute approximate surface area is 98.2 Å². The third-order valence-corrected chi connectivity index (χ3v) is 2.59. The molecule has 0 unspecified atom stereocenters. The predicted octanol–water partition coefficient (Wildman–Crippen LogP) is 2.30. The van der Waals surface area contributed by atoms with Gasteiger partial charge < -0.3 is 0 Å². The first-order valence-electron chi connectivity index (χ1n) is 4.82. The molecule has 1 aromatic heterocycles. The van der Waals surface area contributed by atoms with Crippen LogP contribution in [0.25, 0.3) is 5.69 Å². The summed E-state index contributed by atoms with van der Waals surface area (Å²) in [6, 6.07) is 9.83. The van der Waals surface area contributed by atoms with Crippen LogP contribution in [0.5, 0.6) is 0 Å². The van der Waals surface area contributed by atoms with E-state index in [1.165, 1.54) is 0 Å². The molecule has 4 nitrogen and oxygen atoms in total. The molecule has 0 bridgehead atoms. The van der Waals surface area contributed by atoms with Crippen LogP contribution >= 0.6 is 12.2 Å². The SMILES string of the molecule is Cc1n[nH]c(=S)n1-c1ccc(CC#N)cc1. The lowest BCUT2D eigenvalue weighted by molar-refractivity contribution is 0.962. The van der Waals surface area contributed by atoms with E-state index in [9.17, 15) is 0 Å². The second kappa shape index (κ2) is 4.29. The largest absolute Gasteiger partial charge is 0.272 e. The van der Waals surface area contributed by atoms with Gasteiger partial charge in [0.15, 0.2) is 4.77 Å². The van der Waals surface area contributed by atoms with Gasteiger partial charge >= 0.3 is 0 Å². The zero-order valence-corrected chi connectivity index (χ0v) is 9.58. The molecule has 0 spiro atoms. The van der Waals surface area contributed by atoms with Crippen molar-refractivity contribution in [2.24, 2.45) is 0 Å². The van der Waals surface area contributed by atoms with Crippen molar-refractivity contribution < 1.29 is 0 Å². The minimum absolute atomic E-state index is 0.427.